The molecule has 3 N–H and O–H groups in total. The Kier molecular flexibility index (Phi) is 2.82. The van der Waals surface area contributed by atoms with E-state index in [0.29, 0.717) is 18.1 Å². The standard InChI is InChI=1S/C7H12N4O/c1-3-9-7(11-8)6-5(2)10-4-12-6/h4H,3,8H2,1-2H3,(H,9,11). The van der Waals surface area contributed by atoms with Gasteiger partial charge in [0.05, 0.1) is 5.69 Å². The summed E-state index contributed by atoms with van der Waals surface area (Å²) in [4.78, 5) is 8.02. The Labute approximate surface area is 70.7 Å². The van der Waals surface area contributed by atoms with E-state index in [2.05, 4.69) is 15.4 Å². The minimum atomic E-state index is 0.535. The van der Waals surface area contributed by atoms with Gasteiger partial charge in [0, 0.05) is 6.54 Å². The Morgan fingerprint density at radius 2 is 2.58 bits per heavy atom. The molecule has 5 heteroatoms. The van der Waals surface area contributed by atoms with Crippen LogP contribution in [0, 0.1) is 6.92 Å². The van der Waals surface area contributed by atoms with Crippen LogP contribution >= 0.6 is 0 Å². The van der Waals surface area contributed by atoms with Gasteiger partial charge in [0.25, 0.3) is 0 Å². The zero-order valence-electron chi connectivity index (χ0n) is 7.16. The van der Waals surface area contributed by atoms with Gasteiger partial charge in [0.2, 0.25) is 0 Å². The number of aryl methyl sites for hydroxylation is 1. The number of nitrogens with two attached hydrogens (primary N) is 1. The molecule has 1 aromatic rings. The summed E-state index contributed by atoms with van der Waals surface area (Å²) in [6.07, 6.45) is 1.37. The molecule has 0 fully saturated rings. The number of hydrazine groups is 1. The fraction of sp³-hybridized carbons (Fsp3) is 0.429. The van der Waals surface area contributed by atoms with Crippen molar-refractivity contribution >= 4 is 5.84 Å². The SMILES string of the molecule is CCN=C(NN)c1ocnc1C. The summed E-state index contributed by atoms with van der Waals surface area (Å²) in [5.74, 6) is 6.38. The zero-order valence-corrected chi connectivity index (χ0v) is 7.16. The van der Waals surface area contributed by atoms with Crippen molar-refractivity contribution in [2.24, 2.45) is 10.8 Å². The van der Waals surface area contributed by atoms with Crippen LogP contribution < -0.4 is 11.3 Å². The largest absolute Gasteiger partial charge is 0.440 e. The third-order valence-corrected chi connectivity index (χ3v) is 1.41. The number of oxazole rings is 1. The van der Waals surface area contributed by atoms with Crippen LogP contribution in [0.25, 0.3) is 0 Å². The van der Waals surface area contributed by atoms with Crippen molar-refractivity contribution in [2.75, 3.05) is 6.54 Å². The number of aromatic nitrogens is 1. The lowest BCUT2D eigenvalue weighted by Crippen LogP contribution is -2.31. The quantitative estimate of drug-likeness (QED) is 0.286. The number of amidine groups is 1. The first-order valence-electron chi connectivity index (χ1n) is 3.71. The summed E-state index contributed by atoms with van der Waals surface area (Å²) in [6, 6.07) is 0. The molecule has 0 aliphatic carbocycles. The van der Waals surface area contributed by atoms with E-state index in [-0.39, 0.29) is 0 Å². The molecule has 0 saturated heterocycles. The number of rotatable bonds is 2. The van der Waals surface area contributed by atoms with E-state index in [4.69, 9.17) is 10.3 Å². The molecular formula is C7H12N4O. The van der Waals surface area contributed by atoms with Crippen LogP contribution in [0.1, 0.15) is 18.4 Å². The molecule has 0 aromatic carbocycles. The monoisotopic (exact) mass is 168 g/mol. The van der Waals surface area contributed by atoms with Gasteiger partial charge in [-0.05, 0) is 13.8 Å². The smallest absolute Gasteiger partial charge is 0.193 e. The molecule has 0 saturated carbocycles. The van der Waals surface area contributed by atoms with E-state index >= 15 is 0 Å². The fourth-order valence-electron chi connectivity index (χ4n) is 0.870. The minimum absolute atomic E-state index is 0.535. The molecule has 0 spiro atoms. The Morgan fingerprint density at radius 3 is 3.00 bits per heavy atom. The molecule has 0 unspecified atom stereocenters. The van der Waals surface area contributed by atoms with Crippen molar-refractivity contribution in [3.8, 4) is 0 Å². The van der Waals surface area contributed by atoms with Crippen molar-refractivity contribution in [2.45, 2.75) is 13.8 Å². The number of hydrogen-bond acceptors (Lipinski definition) is 4. The molecular weight excluding hydrogens is 156 g/mol. The average molecular weight is 168 g/mol. The molecule has 0 aliphatic heterocycles. The van der Waals surface area contributed by atoms with E-state index in [9.17, 15) is 0 Å². The first-order chi connectivity index (χ1) is 5.79. The fourth-order valence-corrected chi connectivity index (χ4v) is 0.870. The second-order valence-corrected chi connectivity index (χ2v) is 2.23. The summed E-state index contributed by atoms with van der Waals surface area (Å²) in [5.41, 5.74) is 3.24. The van der Waals surface area contributed by atoms with Crippen LogP contribution in [0.2, 0.25) is 0 Å². The first kappa shape index (κ1) is 8.73. The number of nitrogens with zero attached hydrogens (tertiary/aromatic N) is 2. The molecule has 12 heavy (non-hydrogen) atoms. The van der Waals surface area contributed by atoms with E-state index in [1.807, 2.05) is 13.8 Å². The van der Waals surface area contributed by atoms with E-state index in [1.54, 1.807) is 0 Å². The van der Waals surface area contributed by atoms with E-state index < -0.39 is 0 Å². The summed E-state index contributed by atoms with van der Waals surface area (Å²) < 4.78 is 5.09. The van der Waals surface area contributed by atoms with Crippen LogP contribution in [-0.2, 0) is 0 Å². The summed E-state index contributed by atoms with van der Waals surface area (Å²) >= 11 is 0. The molecule has 1 aromatic heterocycles. The normalized spacial score (nSPS) is 11.8. The third kappa shape index (κ3) is 1.62. The maximum atomic E-state index is 5.25. The lowest BCUT2D eigenvalue weighted by molar-refractivity contribution is 0.544. The highest BCUT2D eigenvalue weighted by Crippen LogP contribution is 2.04. The van der Waals surface area contributed by atoms with Crippen molar-refractivity contribution in [1.82, 2.24) is 10.4 Å². The topological polar surface area (TPSA) is 76.4 Å². The zero-order chi connectivity index (χ0) is 8.97. The Morgan fingerprint density at radius 1 is 1.83 bits per heavy atom. The third-order valence-electron chi connectivity index (χ3n) is 1.41. The van der Waals surface area contributed by atoms with Crippen molar-refractivity contribution < 1.29 is 4.42 Å². The predicted octanol–water partition coefficient (Wildman–Crippen LogP) is 0.213. The summed E-state index contributed by atoms with van der Waals surface area (Å²) in [5, 5.41) is 0. The number of aliphatic imine (C=N–C) groups is 1. The van der Waals surface area contributed by atoms with Crippen LogP contribution in [0.3, 0.4) is 0 Å². The molecule has 1 heterocycles. The summed E-state index contributed by atoms with van der Waals surface area (Å²) in [7, 11) is 0. The second-order valence-electron chi connectivity index (χ2n) is 2.23. The summed E-state index contributed by atoms with van der Waals surface area (Å²) in [6.45, 7) is 4.41. The highest BCUT2D eigenvalue weighted by atomic mass is 16.3. The highest BCUT2D eigenvalue weighted by Gasteiger charge is 2.09. The van der Waals surface area contributed by atoms with E-state index in [0.717, 1.165) is 5.69 Å². The first-order valence-corrected chi connectivity index (χ1v) is 3.71. The van der Waals surface area contributed by atoms with Gasteiger partial charge in [-0.15, -0.1) is 0 Å². The molecule has 0 amide bonds. The molecule has 5 nitrogen and oxygen atoms in total. The molecule has 0 bridgehead atoms. The molecule has 66 valence electrons. The van der Waals surface area contributed by atoms with Gasteiger partial charge in [-0.3, -0.25) is 4.99 Å². The minimum Gasteiger partial charge on any atom is -0.440 e. The Bertz CT molecular complexity index is 279. The van der Waals surface area contributed by atoms with Gasteiger partial charge in [-0.1, -0.05) is 0 Å². The van der Waals surface area contributed by atoms with Crippen LogP contribution in [0.5, 0.6) is 0 Å². The molecule has 1 rings (SSSR count). The van der Waals surface area contributed by atoms with Crippen molar-refractivity contribution in [3.63, 3.8) is 0 Å². The van der Waals surface area contributed by atoms with Crippen LogP contribution in [0.15, 0.2) is 15.8 Å². The van der Waals surface area contributed by atoms with Crippen LogP contribution in [-0.4, -0.2) is 17.4 Å². The lowest BCUT2D eigenvalue weighted by Gasteiger charge is -2.00. The van der Waals surface area contributed by atoms with Gasteiger partial charge >= 0.3 is 0 Å². The lowest BCUT2D eigenvalue weighted by atomic mass is 10.3. The Balaban J connectivity index is 2.95. The number of hydrogen-bond donors (Lipinski definition) is 2. The van der Waals surface area contributed by atoms with E-state index in [1.165, 1.54) is 6.39 Å². The van der Waals surface area contributed by atoms with Gasteiger partial charge in [0.15, 0.2) is 18.0 Å². The maximum absolute atomic E-state index is 5.25. The van der Waals surface area contributed by atoms with Gasteiger partial charge in [-0.2, -0.15) is 0 Å². The Hall–Kier alpha value is -1.36. The molecule has 0 aliphatic rings. The highest BCUT2D eigenvalue weighted by molar-refractivity contribution is 5.96. The van der Waals surface area contributed by atoms with Crippen molar-refractivity contribution in [3.05, 3.63) is 17.8 Å². The maximum Gasteiger partial charge on any atom is 0.193 e. The number of nitrogens with one attached hydrogen (secondary N) is 1. The van der Waals surface area contributed by atoms with Gasteiger partial charge < -0.3 is 9.84 Å². The molecule has 0 radical (unpaired) electrons. The second kappa shape index (κ2) is 3.87. The van der Waals surface area contributed by atoms with Gasteiger partial charge in [0.1, 0.15) is 0 Å². The predicted molar refractivity (Wildman–Crippen MR) is 45.6 cm³/mol. The van der Waals surface area contributed by atoms with Crippen molar-refractivity contribution in [1.29, 1.82) is 0 Å². The van der Waals surface area contributed by atoms with Crippen LogP contribution in [0.4, 0.5) is 0 Å². The molecule has 0 atom stereocenters. The average Bonchev–Trinajstić information content (AvgIpc) is 2.47. The van der Waals surface area contributed by atoms with Gasteiger partial charge in [-0.25, -0.2) is 10.8 Å².